The molecule has 0 aliphatic carbocycles. The summed E-state index contributed by atoms with van der Waals surface area (Å²) in [7, 11) is 0. The summed E-state index contributed by atoms with van der Waals surface area (Å²) in [6, 6.07) is 5.77. The quantitative estimate of drug-likeness (QED) is 0.756. The predicted molar refractivity (Wildman–Crippen MR) is 91.6 cm³/mol. The van der Waals surface area contributed by atoms with Gasteiger partial charge >= 0.3 is 0 Å². The first-order chi connectivity index (χ1) is 9.99. The minimum atomic E-state index is -0.172. The van der Waals surface area contributed by atoms with Crippen LogP contribution in [-0.2, 0) is 4.79 Å². The lowest BCUT2D eigenvalue weighted by Gasteiger charge is -2.08. The second-order valence-corrected chi connectivity index (χ2v) is 7.20. The van der Waals surface area contributed by atoms with Crippen molar-refractivity contribution in [2.24, 2.45) is 0 Å². The molecule has 0 saturated carbocycles. The Morgan fingerprint density at radius 2 is 2.24 bits per heavy atom. The standard InChI is InChI=1S/C15H19BrN2O2S/c1-4-5-11(16)14(19)18-15-17-12-7-6-10(20-9(2)3)8-13(12)21-15/h6-9,11H,4-5H2,1-3H3,(H,17,18,19)/t11-/m0/s1. The van der Waals surface area contributed by atoms with Gasteiger partial charge < -0.3 is 10.1 Å². The van der Waals surface area contributed by atoms with Gasteiger partial charge in [0.05, 0.1) is 21.1 Å². The van der Waals surface area contributed by atoms with E-state index >= 15 is 0 Å². The number of amides is 1. The Bertz CT molecular complexity index is 627. The van der Waals surface area contributed by atoms with Crippen LogP contribution in [0.2, 0.25) is 0 Å². The fourth-order valence-corrected chi connectivity index (χ4v) is 3.34. The first-order valence-electron chi connectivity index (χ1n) is 7.01. The number of benzene rings is 1. The Morgan fingerprint density at radius 3 is 2.90 bits per heavy atom. The van der Waals surface area contributed by atoms with Crippen molar-refractivity contribution in [3.05, 3.63) is 18.2 Å². The van der Waals surface area contributed by atoms with Crippen molar-refractivity contribution < 1.29 is 9.53 Å². The highest BCUT2D eigenvalue weighted by Gasteiger charge is 2.15. The fourth-order valence-electron chi connectivity index (χ4n) is 1.87. The number of thiazole rings is 1. The zero-order valence-corrected chi connectivity index (χ0v) is 14.8. The Labute approximate surface area is 137 Å². The van der Waals surface area contributed by atoms with Crippen LogP contribution in [-0.4, -0.2) is 21.8 Å². The summed E-state index contributed by atoms with van der Waals surface area (Å²) in [6.45, 7) is 6.04. The van der Waals surface area contributed by atoms with Crippen LogP contribution in [0.15, 0.2) is 18.2 Å². The van der Waals surface area contributed by atoms with Crippen LogP contribution in [0.1, 0.15) is 33.6 Å². The molecule has 1 atom stereocenters. The van der Waals surface area contributed by atoms with Crippen molar-refractivity contribution in [2.75, 3.05) is 5.32 Å². The first kappa shape index (κ1) is 16.2. The molecule has 2 rings (SSSR count). The highest BCUT2D eigenvalue weighted by atomic mass is 79.9. The second kappa shape index (κ2) is 7.22. The van der Waals surface area contributed by atoms with E-state index in [1.54, 1.807) is 0 Å². The maximum absolute atomic E-state index is 12.0. The van der Waals surface area contributed by atoms with Gasteiger partial charge in [-0.25, -0.2) is 4.98 Å². The average Bonchev–Trinajstić information content (AvgIpc) is 2.79. The molecule has 4 nitrogen and oxygen atoms in total. The molecule has 0 aliphatic heterocycles. The minimum absolute atomic E-state index is 0.0467. The number of hydrogen-bond acceptors (Lipinski definition) is 4. The minimum Gasteiger partial charge on any atom is -0.491 e. The normalized spacial score (nSPS) is 12.6. The van der Waals surface area contributed by atoms with Gasteiger partial charge in [0.25, 0.3) is 0 Å². The Morgan fingerprint density at radius 1 is 1.48 bits per heavy atom. The summed E-state index contributed by atoms with van der Waals surface area (Å²) in [4.78, 5) is 16.2. The molecule has 0 spiro atoms. The molecule has 0 aliphatic rings. The number of carbonyl (C=O) groups excluding carboxylic acids is 1. The van der Waals surface area contributed by atoms with Crippen molar-refractivity contribution in [3.8, 4) is 5.75 Å². The summed E-state index contributed by atoms with van der Waals surface area (Å²) in [5.41, 5.74) is 0.869. The smallest absolute Gasteiger partial charge is 0.239 e. The second-order valence-electron chi connectivity index (χ2n) is 5.06. The zero-order chi connectivity index (χ0) is 15.4. The van der Waals surface area contributed by atoms with Gasteiger partial charge in [0.2, 0.25) is 5.91 Å². The van der Waals surface area contributed by atoms with E-state index in [4.69, 9.17) is 4.74 Å². The summed E-state index contributed by atoms with van der Waals surface area (Å²) in [6.07, 6.45) is 1.90. The topological polar surface area (TPSA) is 51.2 Å². The van der Waals surface area contributed by atoms with E-state index in [2.05, 4.69) is 33.2 Å². The molecule has 1 aromatic carbocycles. The number of hydrogen-bond donors (Lipinski definition) is 1. The van der Waals surface area contributed by atoms with E-state index in [1.807, 2.05) is 32.0 Å². The molecular weight excluding hydrogens is 352 g/mol. The summed E-state index contributed by atoms with van der Waals surface area (Å²) in [5.74, 6) is 0.776. The van der Waals surface area contributed by atoms with E-state index in [1.165, 1.54) is 11.3 Å². The van der Waals surface area contributed by atoms with Crippen LogP contribution in [0.5, 0.6) is 5.75 Å². The van der Waals surface area contributed by atoms with Gasteiger partial charge in [0.15, 0.2) is 5.13 Å². The van der Waals surface area contributed by atoms with Gasteiger partial charge in [0, 0.05) is 0 Å². The molecular formula is C15H19BrN2O2S. The zero-order valence-electron chi connectivity index (χ0n) is 12.4. The molecule has 0 radical (unpaired) electrons. The molecule has 1 heterocycles. The molecule has 0 unspecified atom stereocenters. The van der Waals surface area contributed by atoms with Crippen LogP contribution < -0.4 is 10.1 Å². The Balaban J connectivity index is 2.13. The van der Waals surface area contributed by atoms with E-state index in [9.17, 15) is 4.79 Å². The first-order valence-corrected chi connectivity index (χ1v) is 8.75. The SMILES string of the molecule is CCC[C@H](Br)C(=O)Nc1nc2ccc(OC(C)C)cc2s1. The number of nitrogens with zero attached hydrogens (tertiary/aromatic N) is 1. The Kier molecular flexibility index (Phi) is 5.58. The van der Waals surface area contributed by atoms with Crippen LogP contribution in [0, 0.1) is 0 Å². The summed E-state index contributed by atoms with van der Waals surface area (Å²) < 4.78 is 6.67. The van der Waals surface area contributed by atoms with Gasteiger partial charge in [0.1, 0.15) is 5.75 Å². The number of carbonyl (C=O) groups is 1. The Hall–Kier alpha value is -1.14. The van der Waals surface area contributed by atoms with E-state index in [0.717, 1.165) is 28.8 Å². The van der Waals surface area contributed by atoms with Crippen molar-refractivity contribution in [2.45, 2.75) is 44.5 Å². The fraction of sp³-hybridized carbons (Fsp3) is 0.467. The molecule has 1 aromatic heterocycles. The number of fused-ring (bicyclic) bond motifs is 1. The summed E-state index contributed by atoms with van der Waals surface area (Å²) in [5, 5.41) is 3.48. The van der Waals surface area contributed by atoms with Crippen molar-refractivity contribution in [1.29, 1.82) is 0 Å². The van der Waals surface area contributed by atoms with Crippen molar-refractivity contribution in [3.63, 3.8) is 0 Å². The van der Waals surface area contributed by atoms with Crippen LogP contribution in [0.25, 0.3) is 10.2 Å². The molecule has 1 amide bonds. The maximum atomic E-state index is 12.0. The maximum Gasteiger partial charge on any atom is 0.239 e. The third-order valence-electron chi connectivity index (χ3n) is 2.79. The van der Waals surface area contributed by atoms with E-state index in [0.29, 0.717) is 5.13 Å². The van der Waals surface area contributed by atoms with Gasteiger partial charge in [-0.05, 0) is 38.5 Å². The highest BCUT2D eigenvalue weighted by Crippen LogP contribution is 2.30. The lowest BCUT2D eigenvalue weighted by atomic mass is 10.2. The van der Waals surface area contributed by atoms with E-state index < -0.39 is 0 Å². The largest absolute Gasteiger partial charge is 0.491 e. The lowest BCUT2D eigenvalue weighted by molar-refractivity contribution is -0.115. The number of ether oxygens (including phenoxy) is 1. The van der Waals surface area contributed by atoms with Crippen molar-refractivity contribution >= 4 is 48.5 Å². The average molecular weight is 371 g/mol. The number of halogens is 1. The van der Waals surface area contributed by atoms with E-state index in [-0.39, 0.29) is 16.8 Å². The molecule has 0 bridgehead atoms. The molecule has 114 valence electrons. The highest BCUT2D eigenvalue weighted by molar-refractivity contribution is 9.10. The molecule has 0 saturated heterocycles. The molecule has 21 heavy (non-hydrogen) atoms. The molecule has 0 fully saturated rings. The molecule has 1 N–H and O–H groups in total. The van der Waals surface area contributed by atoms with Gasteiger partial charge in [-0.15, -0.1) is 0 Å². The summed E-state index contributed by atoms with van der Waals surface area (Å²) >= 11 is 4.85. The monoisotopic (exact) mass is 370 g/mol. The number of alkyl halides is 1. The van der Waals surface area contributed by atoms with Gasteiger partial charge in [-0.1, -0.05) is 40.6 Å². The number of rotatable bonds is 6. The number of nitrogens with one attached hydrogen (secondary N) is 1. The van der Waals surface area contributed by atoms with Crippen molar-refractivity contribution in [1.82, 2.24) is 4.98 Å². The third kappa shape index (κ3) is 4.41. The van der Waals surface area contributed by atoms with Gasteiger partial charge in [-0.2, -0.15) is 0 Å². The van der Waals surface area contributed by atoms with Crippen LogP contribution in [0.3, 0.4) is 0 Å². The number of aromatic nitrogens is 1. The predicted octanol–water partition coefficient (Wildman–Crippen LogP) is 4.59. The van der Waals surface area contributed by atoms with Crippen LogP contribution in [0.4, 0.5) is 5.13 Å². The lowest BCUT2D eigenvalue weighted by Crippen LogP contribution is -2.22. The third-order valence-corrected chi connectivity index (χ3v) is 4.60. The van der Waals surface area contributed by atoms with Gasteiger partial charge in [-0.3, -0.25) is 4.79 Å². The molecule has 2 aromatic rings. The van der Waals surface area contributed by atoms with Crippen LogP contribution >= 0.6 is 27.3 Å². The number of anilines is 1. The molecule has 6 heteroatoms.